The fourth-order valence-corrected chi connectivity index (χ4v) is 11.8. The van der Waals surface area contributed by atoms with Crippen LogP contribution < -0.4 is 5.73 Å². The number of esters is 3. The number of rotatable bonds is 2. The number of carbonyl (C=O) groups excluding carboxylic acids is 5. The van der Waals surface area contributed by atoms with Crippen molar-refractivity contribution in [1.29, 1.82) is 0 Å². The molecule has 2 bridgehead atoms. The smallest absolute Gasteiger partial charge is 0.340 e. The standard InChI is InChI=1S/C33H45NO13/c1-11-14-8-29(4,32(7,41)28(40)44-10-43-14)20-17(11)30(5)18(22(20)38)16-19(24(45-12(2)35)27(30)46-13(3)36)31(6)26(39)23-15(47-23)9-33(31,42)25(34)21(16)37/h11,14-20,23-27,39,41-42H,8-10,34H2,1-7H3/t11-,14-,15+,16?,17+,18-,19?,20+,23+,24+,25-,26+,27+,29+,30-,31+,32-,33+/m1/s1. The second-order valence-corrected chi connectivity index (χ2v) is 16.1. The summed E-state index contributed by atoms with van der Waals surface area (Å²) in [4.78, 5) is 69.1. The molecule has 0 spiro atoms. The molecule has 260 valence electrons. The molecule has 2 aliphatic heterocycles. The summed E-state index contributed by atoms with van der Waals surface area (Å²) in [5.41, 5.74) is -2.14. The maximum atomic E-state index is 15.3. The summed E-state index contributed by atoms with van der Waals surface area (Å²) < 4.78 is 29.1. The molecule has 0 aromatic carbocycles. The van der Waals surface area contributed by atoms with E-state index in [9.17, 15) is 34.5 Å². The van der Waals surface area contributed by atoms with Crippen molar-refractivity contribution < 1.29 is 63.0 Å². The summed E-state index contributed by atoms with van der Waals surface area (Å²) in [7, 11) is 0. The number of nitrogens with two attached hydrogens (primary N) is 1. The van der Waals surface area contributed by atoms with Crippen LogP contribution in [0.25, 0.3) is 0 Å². The van der Waals surface area contributed by atoms with Crippen LogP contribution in [0.4, 0.5) is 0 Å². The van der Waals surface area contributed by atoms with Gasteiger partial charge in [-0.2, -0.15) is 0 Å². The van der Waals surface area contributed by atoms with E-state index in [-0.39, 0.29) is 12.8 Å². The lowest BCUT2D eigenvalue weighted by Gasteiger charge is -2.67. The average Bonchev–Trinajstić information content (AvgIpc) is 3.69. The Bertz CT molecular complexity index is 1470. The molecule has 7 aliphatic rings. The zero-order valence-electron chi connectivity index (χ0n) is 27.6. The van der Waals surface area contributed by atoms with E-state index in [2.05, 4.69) is 0 Å². The van der Waals surface area contributed by atoms with Gasteiger partial charge in [-0.3, -0.25) is 19.2 Å². The van der Waals surface area contributed by atoms with Gasteiger partial charge in [-0.05, 0) is 25.2 Å². The van der Waals surface area contributed by atoms with Crippen molar-refractivity contribution in [3.8, 4) is 0 Å². The zero-order valence-corrected chi connectivity index (χ0v) is 27.6. The van der Waals surface area contributed by atoms with Crippen LogP contribution in [0.15, 0.2) is 0 Å². The van der Waals surface area contributed by atoms with Crippen LogP contribution in [-0.4, -0.2) is 105 Å². The third kappa shape index (κ3) is 3.74. The molecule has 2 heterocycles. The Morgan fingerprint density at radius 1 is 0.915 bits per heavy atom. The SMILES string of the molecule is CC(=O)O[C@H]1C2C(C(=O)[C@@H](N)[C@@]3(O)C[C@@H]4O[C@@H]4[C@H](O)[C@]23C)[C@@H]2C(=O)[C@@H]3[C@H]([C@H](C)[C@H]4C[C@]3(C)[C@](C)(O)C(=O)OCO4)[C@@]2(C)[C@H]1OC(C)=O. The number of Topliss-reactive ketones (excluding diaryl/α,β-unsaturated/α-hetero) is 2. The Kier molecular flexibility index (Phi) is 6.90. The van der Waals surface area contributed by atoms with Gasteiger partial charge in [0.2, 0.25) is 0 Å². The molecular formula is C33H45NO13. The van der Waals surface area contributed by atoms with Gasteiger partial charge in [0, 0.05) is 60.2 Å². The second kappa shape index (κ2) is 9.81. The van der Waals surface area contributed by atoms with E-state index in [4.69, 9.17) is 29.4 Å². The van der Waals surface area contributed by atoms with Crippen molar-refractivity contribution in [2.24, 2.45) is 57.5 Å². The van der Waals surface area contributed by atoms with Crippen molar-refractivity contribution in [1.82, 2.24) is 0 Å². The number of aliphatic hydroxyl groups excluding tert-OH is 1. The van der Waals surface area contributed by atoms with Crippen LogP contribution in [0, 0.1) is 51.8 Å². The normalized spacial score (nSPS) is 57.5. The number of ketones is 2. The Morgan fingerprint density at radius 3 is 2.17 bits per heavy atom. The van der Waals surface area contributed by atoms with E-state index >= 15 is 4.79 Å². The number of hydrogen-bond acceptors (Lipinski definition) is 14. The molecule has 14 nitrogen and oxygen atoms in total. The predicted octanol–water partition coefficient (Wildman–Crippen LogP) is -0.591. The van der Waals surface area contributed by atoms with Crippen LogP contribution in [0.5, 0.6) is 0 Å². The zero-order chi connectivity index (χ0) is 34.5. The van der Waals surface area contributed by atoms with Crippen molar-refractivity contribution in [3.63, 3.8) is 0 Å². The van der Waals surface area contributed by atoms with Gasteiger partial charge in [0.1, 0.15) is 24.1 Å². The summed E-state index contributed by atoms with van der Waals surface area (Å²) in [5.74, 6) is -9.68. The van der Waals surface area contributed by atoms with E-state index in [0.29, 0.717) is 0 Å². The first-order chi connectivity index (χ1) is 21.7. The predicted molar refractivity (Wildman–Crippen MR) is 155 cm³/mol. The number of hydrogen-bond donors (Lipinski definition) is 4. The molecular weight excluding hydrogens is 618 g/mol. The van der Waals surface area contributed by atoms with Crippen LogP contribution in [-0.2, 0) is 47.7 Å². The number of aliphatic hydroxyl groups is 3. The fourth-order valence-electron chi connectivity index (χ4n) is 11.8. The third-order valence-corrected chi connectivity index (χ3v) is 14.2. The van der Waals surface area contributed by atoms with E-state index < -0.39 is 142 Å². The van der Waals surface area contributed by atoms with E-state index in [0.717, 1.165) is 6.92 Å². The highest BCUT2D eigenvalue weighted by Gasteiger charge is 2.84. The first-order valence-electron chi connectivity index (χ1n) is 16.5. The minimum absolute atomic E-state index is 0.0768. The van der Waals surface area contributed by atoms with Gasteiger partial charge in [-0.25, -0.2) is 4.79 Å². The van der Waals surface area contributed by atoms with Crippen LogP contribution >= 0.6 is 0 Å². The molecule has 47 heavy (non-hydrogen) atoms. The first-order valence-corrected chi connectivity index (χ1v) is 16.5. The molecule has 14 heteroatoms. The molecule has 2 unspecified atom stereocenters. The third-order valence-electron chi connectivity index (χ3n) is 14.2. The highest BCUT2D eigenvalue weighted by Crippen LogP contribution is 2.74. The van der Waals surface area contributed by atoms with Crippen molar-refractivity contribution in [2.75, 3.05) is 6.79 Å². The second-order valence-electron chi connectivity index (χ2n) is 16.1. The van der Waals surface area contributed by atoms with Crippen LogP contribution in [0.2, 0.25) is 0 Å². The molecule has 5 N–H and O–H groups in total. The van der Waals surface area contributed by atoms with Crippen LogP contribution in [0.3, 0.4) is 0 Å². The Hall–Kier alpha value is -2.49. The summed E-state index contributed by atoms with van der Waals surface area (Å²) in [5, 5.41) is 36.1. The minimum Gasteiger partial charge on any atom is -0.458 e. The maximum absolute atomic E-state index is 15.3. The lowest BCUT2D eigenvalue weighted by atomic mass is 9.39. The number of carbonyl (C=O) groups is 5. The number of ether oxygens (including phenoxy) is 5. The average molecular weight is 664 g/mol. The van der Waals surface area contributed by atoms with Crippen molar-refractivity contribution >= 4 is 29.5 Å². The first kappa shape index (κ1) is 33.0. The maximum Gasteiger partial charge on any atom is 0.340 e. The lowest BCUT2D eigenvalue weighted by molar-refractivity contribution is -0.287. The summed E-state index contributed by atoms with van der Waals surface area (Å²) in [6, 6.07) is -1.54. The van der Waals surface area contributed by atoms with Crippen molar-refractivity contribution in [3.05, 3.63) is 0 Å². The monoisotopic (exact) mass is 663 g/mol. The Morgan fingerprint density at radius 2 is 1.55 bits per heavy atom. The molecule has 2 saturated heterocycles. The van der Waals surface area contributed by atoms with Gasteiger partial charge in [0.05, 0.1) is 30.0 Å². The molecule has 0 aromatic heterocycles. The number of epoxide rings is 1. The summed E-state index contributed by atoms with van der Waals surface area (Å²) in [6.07, 6.45) is -5.98. The lowest BCUT2D eigenvalue weighted by Crippen LogP contribution is -2.81. The fraction of sp³-hybridized carbons (Fsp3) is 0.848. The van der Waals surface area contributed by atoms with Gasteiger partial charge in [-0.1, -0.05) is 27.7 Å². The van der Waals surface area contributed by atoms with E-state index in [1.54, 1.807) is 20.8 Å². The Labute approximate surface area is 271 Å². The number of fused-ring (bicyclic) bond motifs is 11. The van der Waals surface area contributed by atoms with Crippen LogP contribution in [0.1, 0.15) is 61.3 Å². The summed E-state index contributed by atoms with van der Waals surface area (Å²) in [6.45, 7) is 10.0. The molecule has 5 saturated carbocycles. The molecule has 0 radical (unpaired) electrons. The molecule has 5 aliphatic carbocycles. The number of cyclic esters (lactones) is 1. The van der Waals surface area contributed by atoms with E-state index in [1.165, 1.54) is 13.8 Å². The van der Waals surface area contributed by atoms with Crippen molar-refractivity contribution in [2.45, 2.75) is 115 Å². The van der Waals surface area contributed by atoms with Gasteiger partial charge in [0.15, 0.2) is 18.2 Å². The quantitative estimate of drug-likeness (QED) is 0.165. The Balaban J connectivity index is 1.51. The molecule has 7 fully saturated rings. The molecule has 0 aromatic rings. The molecule has 7 rings (SSSR count). The van der Waals surface area contributed by atoms with Gasteiger partial charge >= 0.3 is 17.9 Å². The minimum atomic E-state index is -2.17. The molecule has 18 atom stereocenters. The largest absolute Gasteiger partial charge is 0.458 e. The molecule has 0 amide bonds. The topological polar surface area (TPSA) is 222 Å². The summed E-state index contributed by atoms with van der Waals surface area (Å²) >= 11 is 0. The highest BCUT2D eigenvalue weighted by molar-refractivity contribution is 5.99. The van der Waals surface area contributed by atoms with Gasteiger partial charge < -0.3 is 44.7 Å². The van der Waals surface area contributed by atoms with Gasteiger partial charge in [0.25, 0.3) is 0 Å². The van der Waals surface area contributed by atoms with Gasteiger partial charge in [-0.15, -0.1) is 0 Å². The highest BCUT2D eigenvalue weighted by atomic mass is 16.7. The van der Waals surface area contributed by atoms with E-state index in [1.807, 2.05) is 6.92 Å².